The molecule has 60 valence electrons. The normalized spacial score (nSPS) is 9.55. The van der Waals surface area contributed by atoms with Crippen molar-refractivity contribution in [3.63, 3.8) is 0 Å². The van der Waals surface area contributed by atoms with Crippen LogP contribution in [0.3, 0.4) is 0 Å². The number of anilines is 1. The van der Waals surface area contributed by atoms with Crippen LogP contribution in [0.5, 0.6) is 5.75 Å². The summed E-state index contributed by atoms with van der Waals surface area (Å²) in [4.78, 5) is 0. The second kappa shape index (κ2) is 4.13. The zero-order valence-corrected chi connectivity index (χ0v) is 7.23. The lowest BCUT2D eigenvalue weighted by Gasteiger charge is -2.01. The van der Waals surface area contributed by atoms with Gasteiger partial charge in [0.15, 0.2) is 0 Å². The largest absolute Gasteiger partial charge is 0.426 e. The van der Waals surface area contributed by atoms with Crippen LogP contribution in [0.25, 0.3) is 0 Å². The van der Waals surface area contributed by atoms with E-state index in [2.05, 4.69) is 0 Å². The molecule has 0 amide bonds. The molecule has 0 saturated heterocycles. The zero-order valence-electron chi connectivity index (χ0n) is 6.41. The summed E-state index contributed by atoms with van der Waals surface area (Å²) in [5, 5.41) is 0. The molecule has 0 aliphatic carbocycles. The maximum absolute atomic E-state index is 5.49. The Kier molecular flexibility index (Phi) is 3.11. The first-order valence-electron chi connectivity index (χ1n) is 3.48. The van der Waals surface area contributed by atoms with Gasteiger partial charge in [0.05, 0.1) is 12.0 Å². The lowest BCUT2D eigenvalue weighted by molar-refractivity contribution is 0.647. The monoisotopic (exact) mass is 169 g/mol. The summed E-state index contributed by atoms with van der Waals surface area (Å²) in [7, 11) is 0. The summed E-state index contributed by atoms with van der Waals surface area (Å²) in [6.45, 7) is 2.04. The Hall–Kier alpha value is -0.830. The van der Waals surface area contributed by atoms with E-state index < -0.39 is 0 Å². The zero-order chi connectivity index (χ0) is 8.10. The minimum atomic E-state index is 0.763. The van der Waals surface area contributed by atoms with Crippen molar-refractivity contribution < 1.29 is 4.18 Å². The van der Waals surface area contributed by atoms with E-state index in [0.717, 1.165) is 17.2 Å². The van der Waals surface area contributed by atoms with E-state index in [-0.39, 0.29) is 0 Å². The van der Waals surface area contributed by atoms with Crippen molar-refractivity contribution in [1.82, 2.24) is 0 Å². The third-order valence-corrected chi connectivity index (χ3v) is 1.70. The molecule has 0 fully saturated rings. The van der Waals surface area contributed by atoms with Crippen LogP contribution in [-0.4, -0.2) is 5.75 Å². The summed E-state index contributed by atoms with van der Waals surface area (Å²) < 4.78 is 5.27. The molecule has 0 heterocycles. The van der Waals surface area contributed by atoms with Gasteiger partial charge >= 0.3 is 0 Å². The van der Waals surface area contributed by atoms with Gasteiger partial charge in [-0.15, -0.1) is 0 Å². The molecule has 0 bridgehead atoms. The molecule has 1 aromatic carbocycles. The van der Waals surface area contributed by atoms with Gasteiger partial charge in [0.1, 0.15) is 5.75 Å². The fourth-order valence-corrected chi connectivity index (χ4v) is 1.02. The molecule has 0 radical (unpaired) electrons. The average Bonchev–Trinajstić information content (AvgIpc) is 2.04. The number of benzene rings is 1. The molecule has 0 aliphatic heterocycles. The second-order valence-electron chi connectivity index (χ2n) is 2.06. The highest BCUT2D eigenvalue weighted by Gasteiger charge is 1.91. The summed E-state index contributed by atoms with van der Waals surface area (Å²) in [5.41, 5.74) is 6.26. The third kappa shape index (κ3) is 2.72. The molecular weight excluding hydrogens is 158 g/mol. The molecule has 0 aliphatic rings. The van der Waals surface area contributed by atoms with Crippen LogP contribution in [0.4, 0.5) is 5.69 Å². The van der Waals surface area contributed by atoms with Crippen molar-refractivity contribution in [3.05, 3.63) is 24.3 Å². The van der Waals surface area contributed by atoms with E-state index in [1.165, 1.54) is 12.0 Å². The van der Waals surface area contributed by atoms with E-state index in [1.54, 1.807) is 0 Å². The molecular formula is C8H11NOS. The molecule has 2 nitrogen and oxygen atoms in total. The van der Waals surface area contributed by atoms with E-state index >= 15 is 0 Å². The lowest BCUT2D eigenvalue weighted by Crippen LogP contribution is -1.85. The van der Waals surface area contributed by atoms with Gasteiger partial charge in [-0.25, -0.2) is 0 Å². The number of rotatable bonds is 3. The standard InChI is InChI=1S/C8H11NOS/c1-2-11-10-8-5-3-7(9)4-6-8/h3-6H,2,9H2,1H3. The summed E-state index contributed by atoms with van der Waals surface area (Å²) in [6.07, 6.45) is 0. The molecule has 0 aromatic heterocycles. The predicted octanol–water partition coefficient (Wildman–Crippen LogP) is 2.32. The Morgan fingerprint density at radius 2 is 2.00 bits per heavy atom. The maximum atomic E-state index is 5.49. The first-order chi connectivity index (χ1) is 5.33. The number of hydrogen-bond acceptors (Lipinski definition) is 3. The van der Waals surface area contributed by atoms with Crippen LogP contribution in [-0.2, 0) is 0 Å². The number of nitrogens with two attached hydrogens (primary N) is 1. The average molecular weight is 169 g/mol. The first-order valence-corrected chi connectivity index (χ1v) is 4.39. The highest BCUT2D eigenvalue weighted by molar-refractivity contribution is 7.94. The van der Waals surface area contributed by atoms with E-state index in [9.17, 15) is 0 Å². The van der Waals surface area contributed by atoms with Gasteiger partial charge in [0.2, 0.25) is 0 Å². The Bertz CT molecular complexity index is 210. The predicted molar refractivity (Wildman–Crippen MR) is 49.6 cm³/mol. The Balaban J connectivity index is 2.52. The van der Waals surface area contributed by atoms with Crippen molar-refractivity contribution in [1.29, 1.82) is 0 Å². The Labute approximate surface area is 70.9 Å². The van der Waals surface area contributed by atoms with E-state index in [0.29, 0.717) is 0 Å². The molecule has 0 unspecified atom stereocenters. The summed E-state index contributed by atoms with van der Waals surface area (Å²) in [6, 6.07) is 7.37. The third-order valence-electron chi connectivity index (χ3n) is 1.15. The molecule has 2 N–H and O–H groups in total. The minimum Gasteiger partial charge on any atom is -0.426 e. The molecule has 3 heteroatoms. The van der Waals surface area contributed by atoms with Gasteiger partial charge in [0.25, 0.3) is 0 Å². The van der Waals surface area contributed by atoms with Crippen LogP contribution in [0.1, 0.15) is 6.92 Å². The second-order valence-corrected chi connectivity index (χ2v) is 3.04. The van der Waals surface area contributed by atoms with Crippen molar-refractivity contribution >= 4 is 17.7 Å². The van der Waals surface area contributed by atoms with Crippen molar-refractivity contribution in [2.24, 2.45) is 0 Å². The Morgan fingerprint density at radius 1 is 1.36 bits per heavy atom. The van der Waals surface area contributed by atoms with Crippen LogP contribution in [0, 0.1) is 0 Å². The molecule has 0 atom stereocenters. The quantitative estimate of drug-likeness (QED) is 0.557. The SMILES string of the molecule is CCSOc1ccc(N)cc1. The summed E-state index contributed by atoms with van der Waals surface area (Å²) >= 11 is 1.43. The van der Waals surface area contributed by atoms with Gasteiger partial charge in [-0.1, -0.05) is 6.92 Å². The first kappa shape index (κ1) is 8.27. The molecule has 0 spiro atoms. The van der Waals surface area contributed by atoms with Gasteiger partial charge in [-0.2, -0.15) is 0 Å². The fourth-order valence-electron chi connectivity index (χ4n) is 0.650. The van der Waals surface area contributed by atoms with Gasteiger partial charge in [0, 0.05) is 11.4 Å². The highest BCUT2D eigenvalue weighted by atomic mass is 32.2. The van der Waals surface area contributed by atoms with Crippen molar-refractivity contribution in [2.45, 2.75) is 6.92 Å². The smallest absolute Gasteiger partial charge is 0.137 e. The maximum Gasteiger partial charge on any atom is 0.137 e. The van der Waals surface area contributed by atoms with E-state index in [4.69, 9.17) is 9.92 Å². The molecule has 1 aromatic rings. The van der Waals surface area contributed by atoms with Gasteiger partial charge in [-0.3, -0.25) is 0 Å². The number of nitrogen functional groups attached to an aromatic ring is 1. The molecule has 0 saturated carbocycles. The van der Waals surface area contributed by atoms with Crippen molar-refractivity contribution in [2.75, 3.05) is 11.5 Å². The van der Waals surface area contributed by atoms with Gasteiger partial charge in [-0.05, 0) is 24.3 Å². The van der Waals surface area contributed by atoms with Crippen LogP contribution in [0.2, 0.25) is 0 Å². The molecule has 11 heavy (non-hydrogen) atoms. The fraction of sp³-hybridized carbons (Fsp3) is 0.250. The minimum absolute atomic E-state index is 0.763. The highest BCUT2D eigenvalue weighted by Crippen LogP contribution is 2.17. The van der Waals surface area contributed by atoms with Gasteiger partial charge < -0.3 is 9.92 Å². The topological polar surface area (TPSA) is 35.2 Å². The number of hydrogen-bond donors (Lipinski definition) is 1. The Morgan fingerprint density at radius 3 is 2.55 bits per heavy atom. The van der Waals surface area contributed by atoms with E-state index in [1.807, 2.05) is 31.2 Å². The van der Waals surface area contributed by atoms with Crippen LogP contribution < -0.4 is 9.92 Å². The molecule has 1 rings (SSSR count). The summed E-state index contributed by atoms with van der Waals surface area (Å²) in [5.74, 6) is 1.80. The lowest BCUT2D eigenvalue weighted by atomic mass is 10.3. The van der Waals surface area contributed by atoms with Crippen LogP contribution >= 0.6 is 12.0 Å². The van der Waals surface area contributed by atoms with Crippen molar-refractivity contribution in [3.8, 4) is 5.75 Å². The van der Waals surface area contributed by atoms with Crippen LogP contribution in [0.15, 0.2) is 24.3 Å².